The normalized spacial score (nSPS) is 17.1. The molecule has 4 heteroatoms. The second-order valence-electron chi connectivity index (χ2n) is 7.48. The van der Waals surface area contributed by atoms with Gasteiger partial charge in [0.15, 0.2) is 6.29 Å². The summed E-state index contributed by atoms with van der Waals surface area (Å²) in [7, 11) is 0. The van der Waals surface area contributed by atoms with Crippen LogP contribution in [0.25, 0.3) is 10.9 Å². The second kappa shape index (κ2) is 9.26. The Hall–Kier alpha value is -2.30. The summed E-state index contributed by atoms with van der Waals surface area (Å²) >= 11 is 0. The van der Waals surface area contributed by atoms with Gasteiger partial charge in [-0.05, 0) is 55.3 Å². The zero-order valence-electron chi connectivity index (χ0n) is 16.6. The first kappa shape index (κ1) is 19.0. The minimum atomic E-state index is -0.0314. The van der Waals surface area contributed by atoms with Crippen molar-refractivity contribution >= 4 is 10.9 Å². The topological polar surface area (TPSA) is 32.6 Å². The number of hydrogen-bond donors (Lipinski definition) is 0. The number of fused-ring (bicyclic) bond motifs is 1. The molecule has 0 bridgehead atoms. The molecule has 1 atom stereocenters. The first-order valence-corrected chi connectivity index (χ1v) is 10.3. The van der Waals surface area contributed by atoms with Crippen LogP contribution >= 0.6 is 0 Å². The first-order valence-electron chi connectivity index (χ1n) is 10.3. The van der Waals surface area contributed by atoms with E-state index in [9.17, 15) is 0 Å². The highest BCUT2D eigenvalue weighted by molar-refractivity contribution is 5.81. The van der Waals surface area contributed by atoms with Crippen molar-refractivity contribution in [2.45, 2.75) is 45.4 Å². The van der Waals surface area contributed by atoms with Gasteiger partial charge in [-0.1, -0.05) is 29.8 Å². The van der Waals surface area contributed by atoms with E-state index in [1.54, 1.807) is 0 Å². The number of aryl methyl sites for hydroxylation is 1. The van der Waals surface area contributed by atoms with Gasteiger partial charge in [0.05, 0.1) is 18.7 Å². The summed E-state index contributed by atoms with van der Waals surface area (Å²) < 4.78 is 19.8. The molecule has 1 aromatic heterocycles. The van der Waals surface area contributed by atoms with E-state index in [0.717, 1.165) is 38.2 Å². The molecule has 1 aliphatic rings. The molecule has 0 amide bonds. The Morgan fingerprint density at radius 3 is 2.89 bits per heavy atom. The summed E-state index contributed by atoms with van der Waals surface area (Å²) in [6.07, 6.45) is 6.35. The number of ether oxygens (including phenoxy) is 3. The maximum absolute atomic E-state index is 6.02. The molecule has 0 spiro atoms. The molecule has 1 saturated heterocycles. The third-order valence-corrected chi connectivity index (χ3v) is 5.26. The van der Waals surface area contributed by atoms with E-state index in [0.29, 0.717) is 13.2 Å². The molecule has 28 heavy (non-hydrogen) atoms. The Morgan fingerprint density at radius 1 is 1.07 bits per heavy atom. The summed E-state index contributed by atoms with van der Waals surface area (Å²) in [6.45, 7) is 5.09. The Balaban J connectivity index is 1.33. The summed E-state index contributed by atoms with van der Waals surface area (Å²) in [4.78, 5) is 0. The molecule has 2 heterocycles. The second-order valence-corrected chi connectivity index (χ2v) is 7.48. The van der Waals surface area contributed by atoms with E-state index in [4.69, 9.17) is 14.2 Å². The highest BCUT2D eigenvalue weighted by Crippen LogP contribution is 2.23. The van der Waals surface area contributed by atoms with Crippen molar-refractivity contribution in [3.8, 4) is 5.75 Å². The molecule has 4 nitrogen and oxygen atoms in total. The van der Waals surface area contributed by atoms with Crippen LogP contribution in [-0.4, -0.2) is 30.7 Å². The van der Waals surface area contributed by atoms with Gasteiger partial charge in [0, 0.05) is 31.8 Å². The van der Waals surface area contributed by atoms with Gasteiger partial charge in [-0.3, -0.25) is 0 Å². The van der Waals surface area contributed by atoms with Gasteiger partial charge >= 0.3 is 0 Å². The molecule has 1 aliphatic heterocycles. The Bertz CT molecular complexity index is 896. The molecule has 2 aromatic carbocycles. The van der Waals surface area contributed by atoms with E-state index in [-0.39, 0.29) is 6.29 Å². The SMILES string of the molecule is Cc1cccc(CCOc2ccc3ccn(CCOC4CCCCO4)c3c2)c1. The molecule has 1 fully saturated rings. The van der Waals surface area contributed by atoms with Crippen LogP contribution in [0.4, 0.5) is 0 Å². The number of benzene rings is 2. The van der Waals surface area contributed by atoms with Gasteiger partial charge < -0.3 is 18.8 Å². The summed E-state index contributed by atoms with van der Waals surface area (Å²) in [5.74, 6) is 0.914. The molecule has 0 aliphatic carbocycles. The lowest BCUT2D eigenvalue weighted by atomic mass is 10.1. The fraction of sp³-hybridized carbons (Fsp3) is 0.417. The highest BCUT2D eigenvalue weighted by atomic mass is 16.7. The fourth-order valence-corrected chi connectivity index (χ4v) is 3.73. The smallest absolute Gasteiger partial charge is 0.157 e. The summed E-state index contributed by atoms with van der Waals surface area (Å²) in [5, 5.41) is 1.22. The molecule has 0 saturated carbocycles. The Morgan fingerprint density at radius 2 is 2.04 bits per heavy atom. The Kier molecular flexibility index (Phi) is 6.30. The average Bonchev–Trinajstić information content (AvgIpc) is 3.11. The summed E-state index contributed by atoms with van der Waals surface area (Å²) in [6, 6.07) is 17.0. The quantitative estimate of drug-likeness (QED) is 0.545. The van der Waals surface area contributed by atoms with Crippen LogP contribution in [0.3, 0.4) is 0 Å². The number of hydrogen-bond acceptors (Lipinski definition) is 3. The maximum atomic E-state index is 6.02. The average molecular weight is 380 g/mol. The number of rotatable bonds is 8. The molecule has 0 radical (unpaired) electrons. The number of aromatic nitrogens is 1. The van der Waals surface area contributed by atoms with Crippen molar-refractivity contribution in [1.29, 1.82) is 0 Å². The van der Waals surface area contributed by atoms with Crippen molar-refractivity contribution in [2.24, 2.45) is 0 Å². The zero-order valence-corrected chi connectivity index (χ0v) is 16.6. The molecule has 3 aromatic rings. The predicted molar refractivity (Wildman–Crippen MR) is 112 cm³/mol. The van der Waals surface area contributed by atoms with E-state index >= 15 is 0 Å². The largest absolute Gasteiger partial charge is 0.493 e. The van der Waals surface area contributed by atoms with Gasteiger partial charge in [-0.15, -0.1) is 0 Å². The molecule has 1 unspecified atom stereocenters. The zero-order chi connectivity index (χ0) is 19.2. The minimum absolute atomic E-state index is 0.0314. The standard InChI is InChI=1S/C24H29NO3/c1-19-5-4-6-20(17-19)11-15-26-22-9-8-21-10-12-25(23(21)18-22)13-16-28-24-7-2-3-14-27-24/h4-6,8-10,12,17-18,24H,2-3,7,11,13-16H2,1H3. The van der Waals surface area contributed by atoms with Gasteiger partial charge in [0.25, 0.3) is 0 Å². The van der Waals surface area contributed by atoms with Gasteiger partial charge in [0.1, 0.15) is 5.75 Å². The lowest BCUT2D eigenvalue weighted by Crippen LogP contribution is -2.23. The van der Waals surface area contributed by atoms with E-state index < -0.39 is 0 Å². The van der Waals surface area contributed by atoms with Crippen molar-refractivity contribution in [3.05, 3.63) is 65.9 Å². The van der Waals surface area contributed by atoms with Crippen LogP contribution in [0.15, 0.2) is 54.7 Å². The minimum Gasteiger partial charge on any atom is -0.493 e. The lowest BCUT2D eigenvalue weighted by molar-refractivity contribution is -0.163. The van der Waals surface area contributed by atoms with Crippen LogP contribution in [-0.2, 0) is 22.4 Å². The molecular weight excluding hydrogens is 350 g/mol. The van der Waals surface area contributed by atoms with Crippen molar-refractivity contribution in [3.63, 3.8) is 0 Å². The maximum Gasteiger partial charge on any atom is 0.157 e. The monoisotopic (exact) mass is 379 g/mol. The van der Waals surface area contributed by atoms with Crippen molar-refractivity contribution in [2.75, 3.05) is 19.8 Å². The summed E-state index contributed by atoms with van der Waals surface area (Å²) in [5.41, 5.74) is 3.78. The van der Waals surface area contributed by atoms with Crippen LogP contribution in [0.5, 0.6) is 5.75 Å². The van der Waals surface area contributed by atoms with Gasteiger partial charge in [-0.2, -0.15) is 0 Å². The molecular formula is C24H29NO3. The van der Waals surface area contributed by atoms with Gasteiger partial charge in [-0.25, -0.2) is 0 Å². The molecule has 4 rings (SSSR count). The van der Waals surface area contributed by atoms with Crippen LogP contribution in [0.2, 0.25) is 0 Å². The van der Waals surface area contributed by atoms with E-state index in [1.165, 1.54) is 28.5 Å². The van der Waals surface area contributed by atoms with Gasteiger partial charge in [0.2, 0.25) is 0 Å². The van der Waals surface area contributed by atoms with E-state index in [2.05, 4.69) is 66.2 Å². The van der Waals surface area contributed by atoms with Crippen LogP contribution in [0.1, 0.15) is 30.4 Å². The first-order chi connectivity index (χ1) is 13.8. The number of nitrogens with zero attached hydrogens (tertiary/aromatic N) is 1. The third-order valence-electron chi connectivity index (χ3n) is 5.26. The molecule has 148 valence electrons. The highest BCUT2D eigenvalue weighted by Gasteiger charge is 2.13. The Labute approximate surface area is 167 Å². The lowest BCUT2D eigenvalue weighted by Gasteiger charge is -2.22. The van der Waals surface area contributed by atoms with Crippen LogP contribution < -0.4 is 4.74 Å². The van der Waals surface area contributed by atoms with Crippen LogP contribution in [0, 0.1) is 6.92 Å². The van der Waals surface area contributed by atoms with Crippen molar-refractivity contribution < 1.29 is 14.2 Å². The molecule has 0 N–H and O–H groups in total. The predicted octanol–water partition coefficient (Wildman–Crippen LogP) is 5.11. The van der Waals surface area contributed by atoms with Crippen molar-refractivity contribution in [1.82, 2.24) is 4.57 Å². The third kappa shape index (κ3) is 4.94. The fourth-order valence-electron chi connectivity index (χ4n) is 3.73. The van der Waals surface area contributed by atoms with E-state index in [1.807, 2.05) is 0 Å².